The molecule has 166 valence electrons. The highest BCUT2D eigenvalue weighted by atomic mass is 16.5. The Kier molecular flexibility index (Phi) is 6.01. The third-order valence-electron chi connectivity index (χ3n) is 5.49. The van der Waals surface area contributed by atoms with Gasteiger partial charge in [0, 0.05) is 18.7 Å². The van der Waals surface area contributed by atoms with Crippen LogP contribution in [0.5, 0.6) is 11.5 Å². The summed E-state index contributed by atoms with van der Waals surface area (Å²) < 4.78 is 13.8. The van der Waals surface area contributed by atoms with Crippen molar-refractivity contribution in [1.82, 2.24) is 19.9 Å². The maximum Gasteiger partial charge on any atom is 0.258 e. The molecular weight excluding hydrogens is 416 g/mol. The second-order valence-corrected chi connectivity index (χ2v) is 7.86. The summed E-state index contributed by atoms with van der Waals surface area (Å²) in [5.74, 6) is 1.18. The fourth-order valence-electron chi connectivity index (χ4n) is 3.84. The van der Waals surface area contributed by atoms with Crippen LogP contribution in [0.2, 0.25) is 0 Å². The summed E-state index contributed by atoms with van der Waals surface area (Å²) in [6.45, 7) is 2.04. The van der Waals surface area contributed by atoms with Crippen molar-refractivity contribution < 1.29 is 14.3 Å². The third-order valence-corrected chi connectivity index (χ3v) is 5.49. The molecule has 5 rings (SSSR count). The predicted octanol–water partition coefficient (Wildman–Crippen LogP) is 4.09. The number of aromatic nitrogens is 3. The molecule has 0 saturated carbocycles. The molecule has 4 aromatic rings. The molecule has 0 radical (unpaired) electrons. The molecule has 0 spiro atoms. The summed E-state index contributed by atoms with van der Waals surface area (Å²) in [5.41, 5.74) is 3.23. The molecule has 2 bridgehead atoms. The number of amides is 1. The van der Waals surface area contributed by atoms with Crippen molar-refractivity contribution in [1.29, 1.82) is 0 Å². The molecule has 0 fully saturated rings. The van der Waals surface area contributed by atoms with Gasteiger partial charge in [0.15, 0.2) is 0 Å². The highest BCUT2D eigenvalue weighted by Crippen LogP contribution is 2.26. The Morgan fingerprint density at radius 1 is 0.848 bits per heavy atom. The highest BCUT2D eigenvalue weighted by Gasteiger charge is 2.22. The zero-order chi connectivity index (χ0) is 22.5. The lowest BCUT2D eigenvalue weighted by molar-refractivity contribution is 0.0723. The molecular formula is C26H24N4O3. The van der Waals surface area contributed by atoms with Gasteiger partial charge in [-0.15, -0.1) is 5.10 Å². The lowest BCUT2D eigenvalue weighted by atomic mass is 10.1. The average Bonchev–Trinajstić information content (AvgIpc) is 3.31. The summed E-state index contributed by atoms with van der Waals surface area (Å²) in [6.07, 6.45) is 1.85. The molecule has 0 unspecified atom stereocenters. The van der Waals surface area contributed by atoms with E-state index in [4.69, 9.17) is 9.47 Å². The van der Waals surface area contributed by atoms with E-state index < -0.39 is 0 Å². The summed E-state index contributed by atoms with van der Waals surface area (Å²) in [6, 6.07) is 25.1. The monoisotopic (exact) mass is 440 g/mol. The molecule has 1 aliphatic rings. The normalized spacial score (nSPS) is 14.2. The Morgan fingerprint density at radius 3 is 2.48 bits per heavy atom. The largest absolute Gasteiger partial charge is 0.491 e. The van der Waals surface area contributed by atoms with Gasteiger partial charge < -0.3 is 14.4 Å². The first kappa shape index (κ1) is 20.8. The SMILES string of the molecule is O=C1c2ccccc2OCCn2cc(nn2)COc2ccccc2CN1Cc1ccccc1. The van der Waals surface area contributed by atoms with Crippen LogP contribution in [-0.4, -0.2) is 32.4 Å². The van der Waals surface area contributed by atoms with Crippen LogP contribution < -0.4 is 9.47 Å². The number of benzene rings is 3. The Morgan fingerprint density at radius 2 is 1.61 bits per heavy atom. The number of carbonyl (C=O) groups is 1. The molecule has 0 aliphatic carbocycles. The molecule has 7 nitrogen and oxygen atoms in total. The molecule has 3 aromatic carbocycles. The molecule has 0 N–H and O–H groups in total. The standard InChI is InChI=1S/C26H24N4O3/c31-26-23-11-5-7-13-25(23)32-15-14-30-18-22(27-28-30)19-33-24-12-6-4-10-21(24)17-29(26)16-20-8-2-1-3-9-20/h1-13,18H,14-17,19H2. The van der Waals surface area contributed by atoms with Gasteiger partial charge >= 0.3 is 0 Å². The van der Waals surface area contributed by atoms with Crippen LogP contribution in [0.3, 0.4) is 0 Å². The first-order chi connectivity index (χ1) is 16.3. The first-order valence-electron chi connectivity index (χ1n) is 10.9. The van der Waals surface area contributed by atoms with Gasteiger partial charge in [-0.3, -0.25) is 4.79 Å². The van der Waals surface area contributed by atoms with E-state index in [9.17, 15) is 4.79 Å². The van der Waals surface area contributed by atoms with Crippen molar-refractivity contribution >= 4 is 5.91 Å². The van der Waals surface area contributed by atoms with Crippen LogP contribution >= 0.6 is 0 Å². The summed E-state index contributed by atoms with van der Waals surface area (Å²) in [5, 5.41) is 8.34. The minimum Gasteiger partial charge on any atom is -0.491 e. The van der Waals surface area contributed by atoms with E-state index in [2.05, 4.69) is 10.3 Å². The second-order valence-electron chi connectivity index (χ2n) is 7.86. The predicted molar refractivity (Wildman–Crippen MR) is 123 cm³/mol. The first-order valence-corrected chi connectivity index (χ1v) is 10.9. The molecule has 33 heavy (non-hydrogen) atoms. The zero-order valence-electron chi connectivity index (χ0n) is 18.1. The van der Waals surface area contributed by atoms with Crippen LogP contribution in [0, 0.1) is 0 Å². The van der Waals surface area contributed by atoms with Crippen LogP contribution in [0.25, 0.3) is 0 Å². The molecule has 1 aliphatic heterocycles. The number of hydrogen-bond donors (Lipinski definition) is 0. The summed E-state index contributed by atoms with van der Waals surface area (Å²) in [7, 11) is 0. The average molecular weight is 441 g/mol. The van der Waals surface area contributed by atoms with E-state index >= 15 is 0 Å². The molecule has 0 saturated heterocycles. The number of ether oxygens (including phenoxy) is 2. The van der Waals surface area contributed by atoms with Crippen LogP contribution in [-0.2, 0) is 26.2 Å². The number of rotatable bonds is 2. The highest BCUT2D eigenvalue weighted by molar-refractivity contribution is 5.97. The van der Waals surface area contributed by atoms with Gasteiger partial charge in [0.2, 0.25) is 0 Å². The van der Waals surface area contributed by atoms with Gasteiger partial charge in [-0.1, -0.05) is 65.9 Å². The maximum absolute atomic E-state index is 13.8. The molecule has 7 heteroatoms. The minimum atomic E-state index is -0.0958. The van der Waals surface area contributed by atoms with Crippen molar-refractivity contribution in [2.45, 2.75) is 26.2 Å². The summed E-state index contributed by atoms with van der Waals surface area (Å²) >= 11 is 0. The van der Waals surface area contributed by atoms with Gasteiger partial charge in [-0.25, -0.2) is 4.68 Å². The van der Waals surface area contributed by atoms with Crippen molar-refractivity contribution in [2.24, 2.45) is 0 Å². The third kappa shape index (κ3) is 4.87. The van der Waals surface area contributed by atoms with Crippen molar-refractivity contribution in [3.8, 4) is 11.5 Å². The molecule has 0 atom stereocenters. The number of para-hydroxylation sites is 2. The Hall–Kier alpha value is -4.13. The van der Waals surface area contributed by atoms with Gasteiger partial charge in [0.05, 0.1) is 18.3 Å². The number of carbonyl (C=O) groups excluding carboxylic acids is 1. The van der Waals surface area contributed by atoms with Crippen molar-refractivity contribution in [3.05, 3.63) is 107 Å². The van der Waals surface area contributed by atoms with Gasteiger partial charge in [0.25, 0.3) is 5.91 Å². The molecule has 1 aromatic heterocycles. The van der Waals surface area contributed by atoms with Crippen LogP contribution in [0.1, 0.15) is 27.2 Å². The topological polar surface area (TPSA) is 69.5 Å². The van der Waals surface area contributed by atoms with Crippen molar-refractivity contribution in [2.75, 3.05) is 6.61 Å². The summed E-state index contributed by atoms with van der Waals surface area (Å²) in [4.78, 5) is 15.6. The maximum atomic E-state index is 13.8. The second kappa shape index (κ2) is 9.56. The number of nitrogens with zero attached hydrogens (tertiary/aromatic N) is 4. The fraction of sp³-hybridized carbons (Fsp3) is 0.192. The Labute approximate surface area is 192 Å². The van der Waals surface area contributed by atoms with Gasteiger partial charge in [0.1, 0.15) is 30.4 Å². The minimum absolute atomic E-state index is 0.0958. The van der Waals surface area contributed by atoms with E-state index in [0.29, 0.717) is 44.2 Å². The van der Waals surface area contributed by atoms with Crippen molar-refractivity contribution in [3.63, 3.8) is 0 Å². The zero-order valence-corrected chi connectivity index (χ0v) is 18.1. The van der Waals surface area contributed by atoms with E-state index in [1.807, 2.05) is 90.0 Å². The smallest absolute Gasteiger partial charge is 0.258 e. The van der Waals surface area contributed by atoms with E-state index in [-0.39, 0.29) is 5.91 Å². The van der Waals surface area contributed by atoms with Crippen LogP contribution in [0.15, 0.2) is 85.1 Å². The van der Waals surface area contributed by atoms with Gasteiger partial charge in [-0.2, -0.15) is 0 Å². The van der Waals surface area contributed by atoms with Gasteiger partial charge in [-0.05, 0) is 23.8 Å². The Balaban J connectivity index is 1.54. The van der Waals surface area contributed by atoms with Crippen LogP contribution in [0.4, 0.5) is 0 Å². The quantitative estimate of drug-likeness (QED) is 0.470. The van der Waals surface area contributed by atoms with E-state index in [1.165, 1.54) is 0 Å². The lowest BCUT2D eigenvalue weighted by Crippen LogP contribution is -2.30. The lowest BCUT2D eigenvalue weighted by Gasteiger charge is -2.25. The van der Waals surface area contributed by atoms with E-state index in [1.54, 1.807) is 4.68 Å². The number of hydrogen-bond acceptors (Lipinski definition) is 5. The number of fused-ring (bicyclic) bond motifs is 4. The van der Waals surface area contributed by atoms with E-state index in [0.717, 1.165) is 22.6 Å². The molecule has 2 heterocycles. The molecule has 1 amide bonds. The Bertz CT molecular complexity index is 1240. The fourth-order valence-corrected chi connectivity index (χ4v) is 3.84.